The predicted molar refractivity (Wildman–Crippen MR) is 79.0 cm³/mol. The Balaban J connectivity index is 0. The van der Waals surface area contributed by atoms with E-state index in [9.17, 15) is 18.0 Å². The lowest BCUT2D eigenvalue weighted by Gasteiger charge is -2.08. The molecule has 0 bridgehead atoms. The van der Waals surface area contributed by atoms with Gasteiger partial charge in [0, 0.05) is 12.8 Å². The molecule has 0 saturated heterocycles. The Hall–Kier alpha value is -1.77. The van der Waals surface area contributed by atoms with E-state index in [4.69, 9.17) is 10.4 Å². The largest absolute Gasteiger partial charge is 0.411 e. The first-order valence-electron chi connectivity index (χ1n) is 6.30. The number of sulfone groups is 1. The van der Waals surface area contributed by atoms with Gasteiger partial charge in [0.1, 0.15) is 0 Å². The van der Waals surface area contributed by atoms with Gasteiger partial charge in [0.25, 0.3) is 0 Å². The summed E-state index contributed by atoms with van der Waals surface area (Å²) in [5.74, 6) is -2.02. The van der Waals surface area contributed by atoms with Gasteiger partial charge in [-0.2, -0.15) is 0 Å². The van der Waals surface area contributed by atoms with Gasteiger partial charge in [-0.05, 0) is 6.42 Å². The molecule has 122 valence electrons. The standard InChI is InChI=1S/C10H18O4S.C2H4N2O2/c1-4-5-6-15(13,14)7-8(2)10(12)9(3)11;5-3-1-2-4-6/h8H,4-7H2,1-3H3;1-2,5-6H. The van der Waals surface area contributed by atoms with Gasteiger partial charge >= 0.3 is 0 Å². The second-order valence-corrected chi connectivity index (χ2v) is 6.55. The van der Waals surface area contributed by atoms with Gasteiger partial charge < -0.3 is 10.4 Å². The molecule has 0 fully saturated rings. The molecule has 1 unspecified atom stereocenters. The molecule has 1 atom stereocenters. The number of ketones is 2. The quantitative estimate of drug-likeness (QED) is 0.295. The zero-order valence-corrected chi connectivity index (χ0v) is 13.2. The Kier molecular flexibility index (Phi) is 12.3. The highest BCUT2D eigenvalue weighted by molar-refractivity contribution is 7.91. The molecule has 0 aromatic heterocycles. The van der Waals surface area contributed by atoms with E-state index in [0.29, 0.717) is 6.42 Å². The van der Waals surface area contributed by atoms with Crippen LogP contribution in [0.5, 0.6) is 0 Å². The zero-order chi connectivity index (χ0) is 16.9. The van der Waals surface area contributed by atoms with Crippen molar-refractivity contribution in [3.8, 4) is 0 Å². The normalized spacial score (nSPS) is 12.9. The van der Waals surface area contributed by atoms with Gasteiger partial charge in [0.2, 0.25) is 5.78 Å². The number of rotatable bonds is 8. The third-order valence-corrected chi connectivity index (χ3v) is 4.23. The Bertz CT molecular complexity index is 460. The first-order chi connectivity index (χ1) is 9.71. The average molecular weight is 322 g/mol. The van der Waals surface area contributed by atoms with Crippen LogP contribution < -0.4 is 0 Å². The molecule has 8 nitrogen and oxygen atoms in total. The van der Waals surface area contributed by atoms with Crippen LogP contribution in [0.15, 0.2) is 10.3 Å². The van der Waals surface area contributed by atoms with Crippen molar-refractivity contribution in [2.24, 2.45) is 16.2 Å². The van der Waals surface area contributed by atoms with Crippen molar-refractivity contribution in [1.82, 2.24) is 0 Å². The van der Waals surface area contributed by atoms with E-state index in [1.165, 1.54) is 6.92 Å². The van der Waals surface area contributed by atoms with Crippen molar-refractivity contribution in [3.63, 3.8) is 0 Å². The molecule has 2 N–H and O–H groups in total. The molecule has 0 spiro atoms. The summed E-state index contributed by atoms with van der Waals surface area (Å²) in [7, 11) is -3.19. The fraction of sp³-hybridized carbons (Fsp3) is 0.667. The maximum Gasteiger partial charge on any atom is 0.201 e. The highest BCUT2D eigenvalue weighted by atomic mass is 32.2. The summed E-state index contributed by atoms with van der Waals surface area (Å²) < 4.78 is 22.9. The first kappa shape index (κ1) is 21.5. The molecule has 0 aliphatic heterocycles. The van der Waals surface area contributed by atoms with E-state index in [1.54, 1.807) is 0 Å². The molecule has 0 saturated carbocycles. The van der Waals surface area contributed by atoms with Crippen LogP contribution in [0.1, 0.15) is 33.6 Å². The monoisotopic (exact) mass is 322 g/mol. The molecular formula is C12H22N2O6S. The van der Waals surface area contributed by atoms with Crippen molar-refractivity contribution >= 4 is 33.8 Å². The molecule has 0 aliphatic rings. The van der Waals surface area contributed by atoms with E-state index in [2.05, 4.69) is 10.3 Å². The van der Waals surface area contributed by atoms with Crippen LogP contribution in [0, 0.1) is 5.92 Å². The fourth-order valence-electron chi connectivity index (χ4n) is 1.31. The minimum Gasteiger partial charge on any atom is -0.411 e. The van der Waals surface area contributed by atoms with Crippen LogP contribution in [-0.4, -0.2) is 54.3 Å². The minimum atomic E-state index is -3.19. The van der Waals surface area contributed by atoms with Crippen LogP contribution in [0.2, 0.25) is 0 Å². The summed E-state index contributed by atoms with van der Waals surface area (Å²) in [4.78, 5) is 21.9. The molecular weight excluding hydrogens is 300 g/mol. The number of Topliss-reactive ketones (excluding diaryl/α,β-unsaturated/α-hetero) is 2. The second kappa shape index (κ2) is 12.0. The number of carbonyl (C=O) groups excluding carboxylic acids is 2. The smallest absolute Gasteiger partial charge is 0.201 e. The summed E-state index contributed by atoms with van der Waals surface area (Å²) in [5, 5.41) is 20.1. The highest BCUT2D eigenvalue weighted by Gasteiger charge is 2.23. The number of hydrogen-bond acceptors (Lipinski definition) is 8. The van der Waals surface area contributed by atoms with E-state index < -0.39 is 27.3 Å². The minimum absolute atomic E-state index is 0.0963. The summed E-state index contributed by atoms with van der Waals surface area (Å²) in [5.41, 5.74) is 0. The molecule has 9 heteroatoms. The number of unbranched alkanes of at least 4 members (excludes halogenated alkanes) is 1. The lowest BCUT2D eigenvalue weighted by atomic mass is 10.1. The Morgan fingerprint density at radius 2 is 1.67 bits per heavy atom. The molecule has 0 amide bonds. The fourth-order valence-corrected chi connectivity index (χ4v) is 3.12. The van der Waals surface area contributed by atoms with Gasteiger partial charge in [-0.1, -0.05) is 30.6 Å². The van der Waals surface area contributed by atoms with Crippen LogP contribution in [0.25, 0.3) is 0 Å². The maximum absolute atomic E-state index is 11.5. The summed E-state index contributed by atoms with van der Waals surface area (Å²) in [6.45, 7) is 4.55. The van der Waals surface area contributed by atoms with Gasteiger partial charge in [0.15, 0.2) is 15.6 Å². The van der Waals surface area contributed by atoms with Crippen LogP contribution >= 0.6 is 0 Å². The SMILES string of the molecule is CCCCS(=O)(=O)CC(C)C(=O)C(C)=O.ON=CC=NO. The third-order valence-electron chi connectivity index (χ3n) is 2.31. The second-order valence-electron chi connectivity index (χ2n) is 4.32. The maximum atomic E-state index is 11.5. The molecule has 0 aliphatic carbocycles. The summed E-state index contributed by atoms with van der Waals surface area (Å²) >= 11 is 0. The number of oxime groups is 2. The van der Waals surface area contributed by atoms with Gasteiger partial charge in [0.05, 0.1) is 23.9 Å². The highest BCUT2D eigenvalue weighted by Crippen LogP contribution is 2.06. The van der Waals surface area contributed by atoms with Crippen LogP contribution in [0.3, 0.4) is 0 Å². The molecule has 21 heavy (non-hydrogen) atoms. The molecule has 0 aromatic rings. The Morgan fingerprint density at radius 3 is 2.00 bits per heavy atom. The lowest BCUT2D eigenvalue weighted by Crippen LogP contribution is -2.27. The predicted octanol–water partition coefficient (Wildman–Crippen LogP) is 0.902. The third kappa shape index (κ3) is 13.0. The van der Waals surface area contributed by atoms with E-state index in [1.807, 2.05) is 6.92 Å². The van der Waals surface area contributed by atoms with Crippen molar-refractivity contribution in [3.05, 3.63) is 0 Å². The molecule has 0 rings (SSSR count). The number of hydrogen-bond donors (Lipinski definition) is 2. The number of carbonyl (C=O) groups is 2. The van der Waals surface area contributed by atoms with E-state index in [-0.39, 0.29) is 11.5 Å². The van der Waals surface area contributed by atoms with Gasteiger partial charge in [-0.3, -0.25) is 9.59 Å². The Morgan fingerprint density at radius 1 is 1.19 bits per heavy atom. The molecule has 0 radical (unpaired) electrons. The van der Waals surface area contributed by atoms with Crippen molar-refractivity contribution in [2.75, 3.05) is 11.5 Å². The topological polar surface area (TPSA) is 133 Å². The zero-order valence-electron chi connectivity index (χ0n) is 12.4. The number of nitrogens with zero attached hydrogens (tertiary/aromatic N) is 2. The lowest BCUT2D eigenvalue weighted by molar-refractivity contribution is -0.137. The van der Waals surface area contributed by atoms with Crippen molar-refractivity contribution in [1.29, 1.82) is 0 Å². The van der Waals surface area contributed by atoms with Gasteiger partial charge in [-0.25, -0.2) is 8.42 Å². The summed E-state index contributed by atoms with van der Waals surface area (Å²) in [6.07, 6.45) is 3.29. The van der Waals surface area contributed by atoms with Crippen LogP contribution in [-0.2, 0) is 19.4 Å². The van der Waals surface area contributed by atoms with Crippen molar-refractivity contribution < 1.29 is 28.4 Å². The first-order valence-corrected chi connectivity index (χ1v) is 8.12. The summed E-state index contributed by atoms with van der Waals surface area (Å²) in [6, 6.07) is 0. The van der Waals surface area contributed by atoms with Crippen LogP contribution in [0.4, 0.5) is 0 Å². The molecule has 0 heterocycles. The molecule has 0 aromatic carbocycles. The van der Waals surface area contributed by atoms with Gasteiger partial charge in [-0.15, -0.1) is 0 Å². The Labute approximate surface area is 124 Å². The van der Waals surface area contributed by atoms with E-state index in [0.717, 1.165) is 25.8 Å². The van der Waals surface area contributed by atoms with Crippen molar-refractivity contribution in [2.45, 2.75) is 33.6 Å². The average Bonchev–Trinajstić information content (AvgIpc) is 2.42. The van der Waals surface area contributed by atoms with E-state index >= 15 is 0 Å².